The van der Waals surface area contributed by atoms with Gasteiger partial charge in [0.25, 0.3) is 0 Å². The summed E-state index contributed by atoms with van der Waals surface area (Å²) in [7, 11) is 5.86. The molecule has 154 valence electrons. The van der Waals surface area contributed by atoms with E-state index >= 15 is 0 Å². The van der Waals surface area contributed by atoms with Crippen LogP contribution in [0.25, 0.3) is 5.70 Å². The molecule has 1 heterocycles. The second-order valence-electron chi connectivity index (χ2n) is 9.39. The van der Waals surface area contributed by atoms with E-state index in [2.05, 4.69) is 50.3 Å². The SMILES string of the molecule is COc1cc2c(cc1CN(C)C)/C(=C/C(=O)C1CCCCCC1)NC(C)(C)C2. The molecule has 1 saturated carbocycles. The second kappa shape index (κ2) is 8.69. The molecular weight excluding hydrogens is 348 g/mol. The maximum atomic E-state index is 13.1. The van der Waals surface area contributed by atoms with Gasteiger partial charge in [-0.2, -0.15) is 0 Å². The first kappa shape index (κ1) is 20.9. The fourth-order valence-electron chi connectivity index (χ4n) is 4.61. The maximum Gasteiger partial charge on any atom is 0.160 e. The minimum atomic E-state index is -0.0867. The fourth-order valence-corrected chi connectivity index (χ4v) is 4.61. The number of carbonyl (C=O) groups is 1. The van der Waals surface area contributed by atoms with E-state index in [1.54, 1.807) is 7.11 Å². The lowest BCUT2D eigenvalue weighted by atomic mass is 9.83. The summed E-state index contributed by atoms with van der Waals surface area (Å²) < 4.78 is 5.67. The summed E-state index contributed by atoms with van der Waals surface area (Å²) in [5.41, 5.74) is 4.45. The lowest BCUT2D eigenvalue weighted by Gasteiger charge is -2.36. The normalized spacial score (nSPS) is 21.1. The summed E-state index contributed by atoms with van der Waals surface area (Å²) in [5.74, 6) is 1.41. The molecule has 0 bridgehead atoms. The predicted octanol–water partition coefficient (Wildman–Crippen LogP) is 4.56. The van der Waals surface area contributed by atoms with Crippen LogP contribution in [0, 0.1) is 5.92 Å². The summed E-state index contributed by atoms with van der Waals surface area (Å²) >= 11 is 0. The van der Waals surface area contributed by atoms with Crippen LogP contribution in [0.1, 0.15) is 69.1 Å². The molecule has 1 aliphatic heterocycles. The molecule has 0 atom stereocenters. The number of rotatable bonds is 5. The third kappa shape index (κ3) is 4.96. The van der Waals surface area contributed by atoms with E-state index in [0.717, 1.165) is 48.4 Å². The van der Waals surface area contributed by atoms with Gasteiger partial charge in [-0.1, -0.05) is 25.7 Å². The number of carbonyl (C=O) groups excluding carboxylic acids is 1. The summed E-state index contributed by atoms with van der Waals surface area (Å²) in [6.07, 6.45) is 9.76. The average molecular weight is 385 g/mol. The molecule has 4 heteroatoms. The topological polar surface area (TPSA) is 41.6 Å². The first-order valence-corrected chi connectivity index (χ1v) is 10.7. The highest BCUT2D eigenvalue weighted by Crippen LogP contribution is 2.35. The van der Waals surface area contributed by atoms with E-state index in [1.807, 2.05) is 6.08 Å². The Labute approximate surface area is 170 Å². The van der Waals surface area contributed by atoms with Crippen LogP contribution in [-0.4, -0.2) is 37.4 Å². The molecule has 1 aliphatic carbocycles. The Morgan fingerprint density at radius 1 is 1.21 bits per heavy atom. The minimum absolute atomic E-state index is 0.0867. The van der Waals surface area contributed by atoms with Crippen molar-refractivity contribution in [1.82, 2.24) is 10.2 Å². The standard InChI is InChI=1S/C24H36N2O2/c1-24(2)15-18-13-23(28-5)19(16-26(3)4)12-20(18)21(25-24)14-22(27)17-10-8-6-7-9-11-17/h12-14,17,25H,6-11,15-16H2,1-5H3/b21-14-. The van der Waals surface area contributed by atoms with Crippen LogP contribution < -0.4 is 10.1 Å². The van der Waals surface area contributed by atoms with Gasteiger partial charge in [0.05, 0.1) is 7.11 Å². The average Bonchev–Trinajstić information content (AvgIpc) is 2.90. The summed E-state index contributed by atoms with van der Waals surface area (Å²) in [6.45, 7) is 5.20. The molecule has 1 fully saturated rings. The van der Waals surface area contributed by atoms with Crippen molar-refractivity contribution in [3.63, 3.8) is 0 Å². The maximum absolute atomic E-state index is 13.1. The van der Waals surface area contributed by atoms with Gasteiger partial charge in [0.15, 0.2) is 5.78 Å². The summed E-state index contributed by atoms with van der Waals surface area (Å²) in [4.78, 5) is 15.2. The van der Waals surface area contributed by atoms with Crippen LogP contribution in [0.15, 0.2) is 18.2 Å². The molecule has 3 rings (SSSR count). The highest BCUT2D eigenvalue weighted by atomic mass is 16.5. The second-order valence-corrected chi connectivity index (χ2v) is 9.39. The van der Waals surface area contributed by atoms with E-state index < -0.39 is 0 Å². The summed E-state index contributed by atoms with van der Waals surface area (Å²) in [6, 6.07) is 4.38. The number of benzene rings is 1. The molecular formula is C24H36N2O2. The molecule has 28 heavy (non-hydrogen) atoms. The summed E-state index contributed by atoms with van der Waals surface area (Å²) in [5, 5.41) is 3.64. The van der Waals surface area contributed by atoms with Crippen molar-refractivity contribution in [2.45, 2.75) is 70.9 Å². The minimum Gasteiger partial charge on any atom is -0.496 e. The number of ether oxygens (including phenoxy) is 1. The van der Waals surface area contributed by atoms with Gasteiger partial charge < -0.3 is 15.0 Å². The first-order valence-electron chi connectivity index (χ1n) is 10.7. The van der Waals surface area contributed by atoms with Gasteiger partial charge in [-0.05, 0) is 64.9 Å². The van der Waals surface area contributed by atoms with E-state index in [0.29, 0.717) is 0 Å². The molecule has 1 N–H and O–H groups in total. The van der Waals surface area contributed by atoms with Gasteiger partial charge in [0.1, 0.15) is 5.75 Å². The van der Waals surface area contributed by atoms with Gasteiger partial charge in [-0.15, -0.1) is 0 Å². The van der Waals surface area contributed by atoms with E-state index in [9.17, 15) is 4.79 Å². The highest BCUT2D eigenvalue weighted by Gasteiger charge is 2.30. The van der Waals surface area contributed by atoms with Gasteiger partial charge in [-0.3, -0.25) is 4.79 Å². The molecule has 2 aliphatic rings. The zero-order chi connectivity index (χ0) is 20.3. The molecule has 0 spiro atoms. The Morgan fingerprint density at radius 3 is 2.50 bits per heavy atom. The van der Waals surface area contributed by atoms with Crippen molar-refractivity contribution in [2.24, 2.45) is 5.92 Å². The van der Waals surface area contributed by atoms with Crippen LogP contribution in [-0.2, 0) is 17.8 Å². The molecule has 0 radical (unpaired) electrons. The number of allylic oxidation sites excluding steroid dienone is 1. The van der Waals surface area contributed by atoms with Crippen molar-refractivity contribution in [2.75, 3.05) is 21.2 Å². The van der Waals surface area contributed by atoms with Crippen molar-refractivity contribution in [3.05, 3.63) is 34.9 Å². The highest BCUT2D eigenvalue weighted by molar-refractivity contribution is 5.98. The number of nitrogens with zero attached hydrogens (tertiary/aromatic N) is 1. The van der Waals surface area contributed by atoms with Crippen molar-refractivity contribution in [3.8, 4) is 5.75 Å². The van der Waals surface area contributed by atoms with Crippen LogP contribution >= 0.6 is 0 Å². The number of methoxy groups -OCH3 is 1. The fraction of sp³-hybridized carbons (Fsp3) is 0.625. The van der Waals surface area contributed by atoms with Gasteiger partial charge >= 0.3 is 0 Å². The van der Waals surface area contributed by atoms with Crippen molar-refractivity contribution < 1.29 is 9.53 Å². The van der Waals surface area contributed by atoms with Crippen molar-refractivity contribution in [1.29, 1.82) is 0 Å². The monoisotopic (exact) mass is 384 g/mol. The third-order valence-electron chi connectivity index (χ3n) is 5.93. The van der Waals surface area contributed by atoms with E-state index in [-0.39, 0.29) is 17.2 Å². The number of hydrogen-bond acceptors (Lipinski definition) is 4. The van der Waals surface area contributed by atoms with Crippen LogP contribution in [0.3, 0.4) is 0 Å². The zero-order valence-electron chi connectivity index (χ0n) is 18.2. The number of ketones is 1. The van der Waals surface area contributed by atoms with Crippen LogP contribution in [0.4, 0.5) is 0 Å². The zero-order valence-corrected chi connectivity index (χ0v) is 18.2. The molecule has 0 saturated heterocycles. The number of fused-ring (bicyclic) bond motifs is 1. The molecule has 1 aromatic rings. The molecule has 0 unspecified atom stereocenters. The third-order valence-corrected chi connectivity index (χ3v) is 5.93. The van der Waals surface area contributed by atoms with E-state index in [4.69, 9.17) is 4.74 Å². The molecule has 0 amide bonds. The van der Waals surface area contributed by atoms with Crippen LogP contribution in [0.2, 0.25) is 0 Å². The molecule has 1 aromatic carbocycles. The number of hydrogen-bond donors (Lipinski definition) is 1. The largest absolute Gasteiger partial charge is 0.496 e. The predicted molar refractivity (Wildman–Crippen MR) is 115 cm³/mol. The Hall–Kier alpha value is -1.81. The molecule has 4 nitrogen and oxygen atoms in total. The Balaban J connectivity index is 1.99. The van der Waals surface area contributed by atoms with Crippen LogP contribution in [0.5, 0.6) is 5.75 Å². The lowest BCUT2D eigenvalue weighted by Crippen LogP contribution is -2.44. The van der Waals surface area contributed by atoms with Gasteiger partial charge in [0, 0.05) is 40.9 Å². The number of nitrogens with one attached hydrogen (secondary N) is 1. The van der Waals surface area contributed by atoms with E-state index in [1.165, 1.54) is 31.2 Å². The quantitative estimate of drug-likeness (QED) is 0.597. The van der Waals surface area contributed by atoms with Gasteiger partial charge in [-0.25, -0.2) is 0 Å². The Morgan fingerprint density at radius 2 is 1.89 bits per heavy atom. The smallest absolute Gasteiger partial charge is 0.160 e. The van der Waals surface area contributed by atoms with Gasteiger partial charge in [0.2, 0.25) is 0 Å². The first-order chi connectivity index (χ1) is 13.3. The lowest BCUT2D eigenvalue weighted by molar-refractivity contribution is -0.118. The Bertz CT molecular complexity index is 741. The van der Waals surface area contributed by atoms with Crippen molar-refractivity contribution >= 4 is 11.5 Å². The Kier molecular flexibility index (Phi) is 6.49. The molecule has 0 aromatic heterocycles.